The number of aromatic nitrogens is 1. The van der Waals surface area contributed by atoms with Crippen LogP contribution in [0.5, 0.6) is 0 Å². The number of primary amides is 1. The van der Waals surface area contributed by atoms with Crippen LogP contribution < -0.4 is 11.1 Å². The fraction of sp³-hybridized carbons (Fsp3) is 0.385. The molecule has 0 unspecified atom stereocenters. The zero-order valence-electron chi connectivity index (χ0n) is 11.3. The summed E-state index contributed by atoms with van der Waals surface area (Å²) in [6.45, 7) is 0.578. The van der Waals surface area contributed by atoms with Crippen LogP contribution in [0, 0.1) is 0 Å². The largest absolute Gasteiger partial charge is 0.391 e. The number of carbonyl (C=O) groups excluding carboxylic acids is 3. The average Bonchev–Trinajstić information content (AvgIpc) is 2.46. The van der Waals surface area contributed by atoms with E-state index in [1.54, 1.807) is 0 Å². The highest BCUT2D eigenvalue weighted by molar-refractivity contribution is 6.39. The number of carbonyl (C=O) groups is 3. The summed E-state index contributed by atoms with van der Waals surface area (Å²) in [5.41, 5.74) is 5.45. The molecule has 4 N–H and O–H groups in total. The van der Waals surface area contributed by atoms with Crippen molar-refractivity contribution >= 4 is 23.4 Å². The van der Waals surface area contributed by atoms with Crippen LogP contribution in [0.15, 0.2) is 18.5 Å². The molecule has 0 aromatic carbocycles. The molecule has 0 spiro atoms. The SMILES string of the molecule is NC(=O)c1cncc(NC(=O)C(=O)N2CCC[C@H](O)C2)c1. The monoisotopic (exact) mass is 292 g/mol. The minimum atomic E-state index is -0.840. The number of likely N-dealkylation sites (tertiary alicyclic amines) is 1. The lowest BCUT2D eigenvalue weighted by Gasteiger charge is -2.29. The van der Waals surface area contributed by atoms with Gasteiger partial charge in [-0.3, -0.25) is 19.4 Å². The topological polar surface area (TPSA) is 126 Å². The van der Waals surface area contributed by atoms with Crippen LogP contribution in [0.25, 0.3) is 0 Å². The number of nitrogens with zero attached hydrogens (tertiary/aromatic N) is 2. The van der Waals surface area contributed by atoms with Crippen molar-refractivity contribution in [2.45, 2.75) is 18.9 Å². The summed E-state index contributed by atoms with van der Waals surface area (Å²) in [5, 5.41) is 11.9. The van der Waals surface area contributed by atoms with Gasteiger partial charge in [-0.2, -0.15) is 0 Å². The van der Waals surface area contributed by atoms with Crippen LogP contribution in [0.3, 0.4) is 0 Å². The molecule has 21 heavy (non-hydrogen) atoms. The van der Waals surface area contributed by atoms with Gasteiger partial charge in [0.15, 0.2) is 0 Å². The van der Waals surface area contributed by atoms with Gasteiger partial charge >= 0.3 is 11.8 Å². The first-order chi connectivity index (χ1) is 9.97. The maximum absolute atomic E-state index is 12.0. The highest BCUT2D eigenvalue weighted by Gasteiger charge is 2.27. The quantitative estimate of drug-likeness (QED) is 0.609. The second-order valence-electron chi connectivity index (χ2n) is 4.83. The first kappa shape index (κ1) is 14.9. The second-order valence-corrected chi connectivity index (χ2v) is 4.83. The molecule has 1 fully saturated rings. The molecule has 3 amide bonds. The number of hydrogen-bond donors (Lipinski definition) is 3. The normalized spacial score (nSPS) is 18.1. The number of aliphatic hydroxyl groups is 1. The standard InChI is InChI=1S/C13H16N4O4/c14-11(19)8-4-9(6-15-5-8)16-12(20)13(21)17-3-1-2-10(18)7-17/h4-6,10,18H,1-3,7H2,(H2,14,19)(H,16,20)/t10-/m0/s1. The Morgan fingerprint density at radius 3 is 2.81 bits per heavy atom. The Morgan fingerprint density at radius 1 is 1.38 bits per heavy atom. The number of pyridine rings is 1. The van der Waals surface area contributed by atoms with Crippen LogP contribution in [-0.4, -0.2) is 51.9 Å². The molecule has 1 atom stereocenters. The molecule has 0 aliphatic carbocycles. The second kappa shape index (κ2) is 6.31. The maximum atomic E-state index is 12.0. The van der Waals surface area contributed by atoms with Crippen LogP contribution in [0.4, 0.5) is 5.69 Å². The summed E-state index contributed by atoms with van der Waals surface area (Å²) in [6, 6.07) is 1.34. The number of anilines is 1. The molecule has 2 heterocycles. The smallest absolute Gasteiger partial charge is 0.313 e. The Hall–Kier alpha value is -2.48. The number of nitrogens with two attached hydrogens (primary N) is 1. The fourth-order valence-corrected chi connectivity index (χ4v) is 2.11. The summed E-state index contributed by atoms with van der Waals surface area (Å²) in [6.07, 6.45) is 3.24. The van der Waals surface area contributed by atoms with Crippen molar-refractivity contribution in [3.05, 3.63) is 24.0 Å². The first-order valence-electron chi connectivity index (χ1n) is 6.50. The lowest BCUT2D eigenvalue weighted by atomic mass is 10.1. The summed E-state index contributed by atoms with van der Waals surface area (Å²) in [5.74, 6) is -2.24. The van der Waals surface area contributed by atoms with E-state index in [2.05, 4.69) is 10.3 Å². The summed E-state index contributed by atoms with van der Waals surface area (Å²) < 4.78 is 0. The number of β-amino-alcohol motifs (C(OH)–C–C–N with tert-alkyl or cyclic N) is 1. The molecule has 8 heteroatoms. The Kier molecular flexibility index (Phi) is 4.49. The first-order valence-corrected chi connectivity index (χ1v) is 6.50. The maximum Gasteiger partial charge on any atom is 0.313 e. The van der Waals surface area contributed by atoms with Crippen molar-refractivity contribution in [1.29, 1.82) is 0 Å². The third-order valence-electron chi connectivity index (χ3n) is 3.16. The molecule has 1 aromatic rings. The Balaban J connectivity index is 2.02. The van der Waals surface area contributed by atoms with Gasteiger partial charge in [-0.1, -0.05) is 0 Å². The minimum Gasteiger partial charge on any atom is -0.391 e. The Bertz CT molecular complexity index is 575. The van der Waals surface area contributed by atoms with E-state index in [9.17, 15) is 19.5 Å². The fourth-order valence-electron chi connectivity index (χ4n) is 2.11. The number of hydrogen-bond acceptors (Lipinski definition) is 5. The zero-order chi connectivity index (χ0) is 15.4. The van der Waals surface area contributed by atoms with Gasteiger partial charge in [-0.15, -0.1) is 0 Å². The van der Waals surface area contributed by atoms with Gasteiger partial charge in [0, 0.05) is 19.3 Å². The number of nitrogens with one attached hydrogen (secondary N) is 1. The number of rotatable bonds is 2. The number of piperidine rings is 1. The highest BCUT2D eigenvalue weighted by Crippen LogP contribution is 2.12. The van der Waals surface area contributed by atoms with Gasteiger partial charge in [0.05, 0.1) is 23.6 Å². The molecule has 112 valence electrons. The molecule has 0 saturated carbocycles. The van der Waals surface area contributed by atoms with Crippen molar-refractivity contribution < 1.29 is 19.5 Å². The summed E-state index contributed by atoms with van der Waals surface area (Å²) in [7, 11) is 0. The van der Waals surface area contributed by atoms with E-state index in [1.165, 1.54) is 23.4 Å². The lowest BCUT2D eigenvalue weighted by molar-refractivity contribution is -0.145. The van der Waals surface area contributed by atoms with Gasteiger partial charge < -0.3 is 21.1 Å². The van der Waals surface area contributed by atoms with E-state index >= 15 is 0 Å². The van der Waals surface area contributed by atoms with E-state index in [4.69, 9.17) is 5.73 Å². The van der Waals surface area contributed by atoms with Gasteiger partial charge in [0.1, 0.15) is 0 Å². The van der Waals surface area contributed by atoms with E-state index in [1.807, 2.05) is 0 Å². The van der Waals surface area contributed by atoms with Crippen molar-refractivity contribution in [1.82, 2.24) is 9.88 Å². The molecular formula is C13H16N4O4. The van der Waals surface area contributed by atoms with Crippen LogP contribution in [-0.2, 0) is 9.59 Å². The van der Waals surface area contributed by atoms with Crippen LogP contribution in [0.2, 0.25) is 0 Å². The molecule has 0 radical (unpaired) electrons. The molecule has 0 bridgehead atoms. The molecule has 1 aliphatic rings. The van der Waals surface area contributed by atoms with Gasteiger partial charge in [-0.25, -0.2) is 0 Å². The highest BCUT2D eigenvalue weighted by atomic mass is 16.3. The van der Waals surface area contributed by atoms with Gasteiger partial charge in [-0.05, 0) is 18.9 Å². The van der Waals surface area contributed by atoms with E-state index in [0.29, 0.717) is 19.4 Å². The summed E-state index contributed by atoms with van der Waals surface area (Å²) >= 11 is 0. The van der Waals surface area contributed by atoms with Crippen molar-refractivity contribution in [3.63, 3.8) is 0 Å². The van der Waals surface area contributed by atoms with Crippen LogP contribution >= 0.6 is 0 Å². The number of aliphatic hydroxyl groups excluding tert-OH is 1. The lowest BCUT2D eigenvalue weighted by Crippen LogP contribution is -2.46. The Labute approximate surface area is 120 Å². The van der Waals surface area contributed by atoms with Crippen molar-refractivity contribution in [2.24, 2.45) is 5.73 Å². The van der Waals surface area contributed by atoms with E-state index in [-0.39, 0.29) is 17.8 Å². The molecule has 1 aliphatic heterocycles. The average molecular weight is 292 g/mol. The van der Waals surface area contributed by atoms with Gasteiger partial charge in [0.2, 0.25) is 5.91 Å². The molecule has 1 saturated heterocycles. The molecule has 1 aromatic heterocycles. The predicted octanol–water partition coefficient (Wildman–Crippen LogP) is -0.898. The Morgan fingerprint density at radius 2 is 2.14 bits per heavy atom. The third-order valence-corrected chi connectivity index (χ3v) is 3.16. The van der Waals surface area contributed by atoms with E-state index < -0.39 is 23.8 Å². The zero-order valence-corrected chi connectivity index (χ0v) is 11.3. The van der Waals surface area contributed by atoms with Gasteiger partial charge in [0.25, 0.3) is 0 Å². The van der Waals surface area contributed by atoms with Crippen molar-refractivity contribution in [2.75, 3.05) is 18.4 Å². The van der Waals surface area contributed by atoms with Crippen LogP contribution in [0.1, 0.15) is 23.2 Å². The molecular weight excluding hydrogens is 276 g/mol. The third kappa shape index (κ3) is 3.76. The molecule has 2 rings (SSSR count). The van der Waals surface area contributed by atoms with Crippen molar-refractivity contribution in [3.8, 4) is 0 Å². The number of amides is 3. The van der Waals surface area contributed by atoms with E-state index in [0.717, 1.165) is 0 Å². The summed E-state index contributed by atoms with van der Waals surface area (Å²) in [4.78, 5) is 39.9. The minimum absolute atomic E-state index is 0.133. The predicted molar refractivity (Wildman–Crippen MR) is 73.2 cm³/mol. The molecule has 8 nitrogen and oxygen atoms in total.